The van der Waals surface area contributed by atoms with Crippen LogP contribution in [0.1, 0.15) is 21.5 Å². The Morgan fingerprint density at radius 2 is 1.55 bits per heavy atom. The highest BCUT2D eigenvalue weighted by atomic mass is 19.1. The second kappa shape index (κ2) is 5.74. The lowest BCUT2D eigenvalue weighted by atomic mass is 10.0. The smallest absolute Gasteiger partial charge is 0.193 e. The number of hydrogen-bond acceptors (Lipinski definition) is 3. The van der Waals surface area contributed by atoms with Crippen molar-refractivity contribution in [3.05, 3.63) is 58.9 Å². The molecule has 0 bridgehead atoms. The molecule has 0 aliphatic carbocycles. The number of aryl methyl sites for hydroxylation is 1. The Morgan fingerprint density at radius 1 is 0.950 bits per heavy atom. The number of rotatable bonds is 4. The molecule has 0 atom stereocenters. The van der Waals surface area contributed by atoms with Crippen LogP contribution in [0.15, 0.2) is 36.4 Å². The molecule has 104 valence electrons. The summed E-state index contributed by atoms with van der Waals surface area (Å²) < 4.78 is 23.8. The van der Waals surface area contributed by atoms with E-state index in [4.69, 9.17) is 9.47 Å². The molecule has 0 N–H and O–H groups in total. The lowest BCUT2D eigenvalue weighted by Crippen LogP contribution is -2.03. The van der Waals surface area contributed by atoms with Gasteiger partial charge in [-0.05, 0) is 36.8 Å². The van der Waals surface area contributed by atoms with Crippen LogP contribution in [-0.2, 0) is 0 Å². The summed E-state index contributed by atoms with van der Waals surface area (Å²) >= 11 is 0. The quantitative estimate of drug-likeness (QED) is 0.802. The van der Waals surface area contributed by atoms with E-state index in [1.165, 1.54) is 20.3 Å². The Kier molecular flexibility index (Phi) is 4.03. The van der Waals surface area contributed by atoms with E-state index in [1.807, 2.05) is 0 Å². The molecule has 2 rings (SSSR count). The highest BCUT2D eigenvalue weighted by molar-refractivity contribution is 6.09. The van der Waals surface area contributed by atoms with Gasteiger partial charge in [0.1, 0.15) is 5.82 Å². The van der Waals surface area contributed by atoms with Crippen molar-refractivity contribution in [2.24, 2.45) is 0 Å². The van der Waals surface area contributed by atoms with Gasteiger partial charge in [-0.25, -0.2) is 4.39 Å². The van der Waals surface area contributed by atoms with Gasteiger partial charge in [-0.1, -0.05) is 12.1 Å². The Balaban J connectivity index is 2.40. The largest absolute Gasteiger partial charge is 0.493 e. The third-order valence-electron chi connectivity index (χ3n) is 3.08. The first kappa shape index (κ1) is 14.1. The maximum Gasteiger partial charge on any atom is 0.193 e. The van der Waals surface area contributed by atoms with Gasteiger partial charge >= 0.3 is 0 Å². The van der Waals surface area contributed by atoms with Gasteiger partial charge in [0.2, 0.25) is 0 Å². The number of hydrogen-bond donors (Lipinski definition) is 0. The van der Waals surface area contributed by atoms with Crippen molar-refractivity contribution in [2.75, 3.05) is 14.2 Å². The van der Waals surface area contributed by atoms with E-state index in [1.54, 1.807) is 37.3 Å². The molecule has 2 aromatic rings. The average Bonchev–Trinajstić information content (AvgIpc) is 2.48. The van der Waals surface area contributed by atoms with Crippen molar-refractivity contribution < 1.29 is 18.7 Å². The Bertz CT molecular complexity index is 650. The zero-order valence-electron chi connectivity index (χ0n) is 11.6. The summed E-state index contributed by atoms with van der Waals surface area (Å²) in [6, 6.07) is 9.30. The topological polar surface area (TPSA) is 35.5 Å². The average molecular weight is 274 g/mol. The third-order valence-corrected chi connectivity index (χ3v) is 3.08. The lowest BCUT2D eigenvalue weighted by molar-refractivity contribution is 0.103. The molecule has 0 amide bonds. The highest BCUT2D eigenvalue weighted by Crippen LogP contribution is 2.28. The van der Waals surface area contributed by atoms with E-state index in [0.717, 1.165) is 0 Å². The van der Waals surface area contributed by atoms with E-state index < -0.39 is 5.82 Å². The number of ketones is 1. The molecule has 0 heterocycles. The molecule has 0 spiro atoms. The minimum absolute atomic E-state index is 0.259. The molecule has 0 aliphatic heterocycles. The van der Waals surface area contributed by atoms with Gasteiger partial charge in [-0.15, -0.1) is 0 Å². The lowest BCUT2D eigenvalue weighted by Gasteiger charge is -2.09. The molecule has 0 aromatic heterocycles. The number of ether oxygens (including phenoxy) is 2. The van der Waals surface area contributed by atoms with Gasteiger partial charge in [0.25, 0.3) is 0 Å². The van der Waals surface area contributed by atoms with Gasteiger partial charge in [0, 0.05) is 11.1 Å². The second-order valence-electron chi connectivity index (χ2n) is 4.36. The summed E-state index contributed by atoms with van der Waals surface area (Å²) in [5.74, 6) is 0.353. The second-order valence-corrected chi connectivity index (χ2v) is 4.36. The molecular formula is C16H15FO3. The van der Waals surface area contributed by atoms with Crippen molar-refractivity contribution in [3.8, 4) is 11.5 Å². The maximum atomic E-state index is 13.5. The first-order chi connectivity index (χ1) is 9.56. The number of benzene rings is 2. The van der Waals surface area contributed by atoms with E-state index in [-0.39, 0.29) is 5.78 Å². The maximum absolute atomic E-state index is 13.5. The summed E-state index contributed by atoms with van der Waals surface area (Å²) in [5, 5.41) is 0. The number of halogens is 1. The molecule has 3 nitrogen and oxygen atoms in total. The predicted octanol–water partition coefficient (Wildman–Crippen LogP) is 3.38. The normalized spacial score (nSPS) is 10.2. The van der Waals surface area contributed by atoms with E-state index >= 15 is 0 Å². The first-order valence-corrected chi connectivity index (χ1v) is 6.09. The minimum atomic E-state index is -0.392. The van der Waals surface area contributed by atoms with Crippen LogP contribution in [0.5, 0.6) is 11.5 Å². The van der Waals surface area contributed by atoms with Crippen molar-refractivity contribution in [3.63, 3.8) is 0 Å². The molecule has 20 heavy (non-hydrogen) atoms. The Morgan fingerprint density at radius 3 is 2.15 bits per heavy atom. The molecule has 0 fully saturated rings. The molecule has 4 heteroatoms. The van der Waals surface area contributed by atoms with Crippen LogP contribution < -0.4 is 9.47 Å². The van der Waals surface area contributed by atoms with Gasteiger partial charge in [-0.2, -0.15) is 0 Å². The van der Waals surface area contributed by atoms with Crippen molar-refractivity contribution in [2.45, 2.75) is 6.92 Å². The standard InChI is InChI=1S/C16H15FO3/c1-10-4-5-11(8-13(10)17)16(18)12-6-7-14(19-2)15(9-12)20-3/h4-9H,1-3H3. The fourth-order valence-electron chi connectivity index (χ4n) is 1.88. The Labute approximate surface area is 117 Å². The Hall–Kier alpha value is -2.36. The molecule has 2 aromatic carbocycles. The number of methoxy groups -OCH3 is 2. The summed E-state index contributed by atoms with van der Waals surface area (Å²) in [6.07, 6.45) is 0. The number of carbonyl (C=O) groups excluding carboxylic acids is 1. The van der Waals surface area contributed by atoms with Crippen LogP contribution in [0.3, 0.4) is 0 Å². The minimum Gasteiger partial charge on any atom is -0.493 e. The fraction of sp³-hybridized carbons (Fsp3) is 0.188. The van der Waals surface area contributed by atoms with Gasteiger partial charge < -0.3 is 9.47 Å². The van der Waals surface area contributed by atoms with Gasteiger partial charge in [0.05, 0.1) is 14.2 Å². The van der Waals surface area contributed by atoms with Gasteiger partial charge in [0.15, 0.2) is 17.3 Å². The predicted molar refractivity (Wildman–Crippen MR) is 74.1 cm³/mol. The van der Waals surface area contributed by atoms with Gasteiger partial charge in [-0.3, -0.25) is 4.79 Å². The molecule has 0 radical (unpaired) electrons. The molecule has 0 saturated heterocycles. The van der Waals surface area contributed by atoms with Crippen LogP contribution in [0.2, 0.25) is 0 Å². The van der Waals surface area contributed by atoms with Crippen LogP contribution in [0, 0.1) is 12.7 Å². The summed E-state index contributed by atoms with van der Waals surface area (Å²) in [5.41, 5.74) is 1.24. The molecule has 0 aliphatic rings. The molecule has 0 unspecified atom stereocenters. The number of carbonyl (C=O) groups is 1. The monoisotopic (exact) mass is 274 g/mol. The van der Waals surface area contributed by atoms with Crippen molar-refractivity contribution >= 4 is 5.78 Å². The molecule has 0 saturated carbocycles. The van der Waals surface area contributed by atoms with Crippen LogP contribution in [0.25, 0.3) is 0 Å². The molecular weight excluding hydrogens is 259 g/mol. The van der Waals surface area contributed by atoms with Crippen LogP contribution in [-0.4, -0.2) is 20.0 Å². The van der Waals surface area contributed by atoms with E-state index in [0.29, 0.717) is 28.2 Å². The summed E-state index contributed by atoms with van der Waals surface area (Å²) in [6.45, 7) is 1.65. The summed E-state index contributed by atoms with van der Waals surface area (Å²) in [7, 11) is 3.02. The summed E-state index contributed by atoms with van der Waals surface area (Å²) in [4.78, 5) is 12.3. The van der Waals surface area contributed by atoms with Crippen LogP contribution >= 0.6 is 0 Å². The fourth-order valence-corrected chi connectivity index (χ4v) is 1.88. The zero-order valence-corrected chi connectivity index (χ0v) is 11.6. The van der Waals surface area contributed by atoms with Crippen molar-refractivity contribution in [1.82, 2.24) is 0 Å². The zero-order chi connectivity index (χ0) is 14.7. The van der Waals surface area contributed by atoms with Crippen LogP contribution in [0.4, 0.5) is 4.39 Å². The highest BCUT2D eigenvalue weighted by Gasteiger charge is 2.13. The SMILES string of the molecule is COc1ccc(C(=O)c2ccc(C)c(F)c2)cc1OC. The first-order valence-electron chi connectivity index (χ1n) is 6.09. The third kappa shape index (κ3) is 2.64. The van der Waals surface area contributed by atoms with E-state index in [9.17, 15) is 9.18 Å². The van der Waals surface area contributed by atoms with Crippen molar-refractivity contribution in [1.29, 1.82) is 0 Å². The van der Waals surface area contributed by atoms with E-state index in [2.05, 4.69) is 0 Å².